The van der Waals surface area contributed by atoms with E-state index in [0.29, 0.717) is 6.61 Å². The number of aliphatic hydroxyl groups excluding tert-OH is 1. The number of aliphatic hydroxyl groups is 1. The van der Waals surface area contributed by atoms with Crippen molar-refractivity contribution in [2.75, 3.05) is 12.5 Å². The molecule has 3 nitrogen and oxygen atoms in total. The average Bonchev–Trinajstić information content (AvgIpc) is 2.73. The summed E-state index contributed by atoms with van der Waals surface area (Å²) in [6.45, 7) is 4.86. The van der Waals surface area contributed by atoms with Gasteiger partial charge in [-0.15, -0.1) is 11.8 Å². The minimum atomic E-state index is -0.0463. The number of thioether (sulfide) groups is 1. The molecule has 2 rings (SSSR count). The van der Waals surface area contributed by atoms with Gasteiger partial charge in [0, 0.05) is 11.2 Å². The van der Waals surface area contributed by atoms with E-state index < -0.39 is 0 Å². The van der Waals surface area contributed by atoms with Crippen molar-refractivity contribution in [1.82, 2.24) is 0 Å². The van der Waals surface area contributed by atoms with Crippen molar-refractivity contribution in [2.24, 2.45) is 4.99 Å². The molecular weight excluding hydrogens is 198 g/mol. The van der Waals surface area contributed by atoms with Crippen LogP contribution in [-0.2, 0) is 4.74 Å². The van der Waals surface area contributed by atoms with Crippen LogP contribution in [0.25, 0.3) is 0 Å². The Kier molecular flexibility index (Phi) is 2.52. The molecule has 0 aromatic heterocycles. The number of ether oxygens (including phenoxy) is 1. The summed E-state index contributed by atoms with van der Waals surface area (Å²) < 4.78 is 5.79. The first-order valence-corrected chi connectivity index (χ1v) is 6.00. The van der Waals surface area contributed by atoms with Gasteiger partial charge in [-0.05, 0) is 26.7 Å². The first-order valence-electron chi connectivity index (χ1n) is 5.02. The van der Waals surface area contributed by atoms with Gasteiger partial charge in [0.25, 0.3) is 0 Å². The van der Waals surface area contributed by atoms with Crippen molar-refractivity contribution in [3.63, 3.8) is 0 Å². The molecule has 0 bridgehead atoms. The molecule has 0 unspecified atom stereocenters. The molecule has 1 N–H and O–H groups in total. The molecule has 80 valence electrons. The predicted molar refractivity (Wildman–Crippen MR) is 58.7 cm³/mol. The Morgan fingerprint density at radius 2 is 2.21 bits per heavy atom. The minimum absolute atomic E-state index is 0.0463. The zero-order valence-corrected chi connectivity index (χ0v) is 9.56. The van der Waals surface area contributed by atoms with Gasteiger partial charge >= 0.3 is 0 Å². The molecule has 1 fully saturated rings. The van der Waals surface area contributed by atoms with Gasteiger partial charge in [0.05, 0.1) is 11.5 Å². The first-order chi connectivity index (χ1) is 6.55. The number of hydrogen-bond acceptors (Lipinski definition) is 4. The van der Waals surface area contributed by atoms with Crippen molar-refractivity contribution in [3.05, 3.63) is 0 Å². The number of nitrogens with zero attached hydrogens (tertiary/aromatic N) is 1. The summed E-state index contributed by atoms with van der Waals surface area (Å²) in [5, 5.41) is 8.90. The van der Waals surface area contributed by atoms with Gasteiger partial charge in [-0.1, -0.05) is 0 Å². The summed E-state index contributed by atoms with van der Waals surface area (Å²) in [6, 6.07) is 0. The summed E-state index contributed by atoms with van der Waals surface area (Å²) in [5.41, 5.74) is -0.0463. The molecule has 0 spiro atoms. The lowest BCUT2D eigenvalue weighted by atomic mass is 10.1. The van der Waals surface area contributed by atoms with Crippen LogP contribution in [-0.4, -0.2) is 33.8 Å². The van der Waals surface area contributed by atoms with Gasteiger partial charge < -0.3 is 9.84 Å². The van der Waals surface area contributed by atoms with Crippen LogP contribution in [0.5, 0.6) is 0 Å². The average molecular weight is 215 g/mol. The second-order valence-corrected chi connectivity index (χ2v) is 6.15. The smallest absolute Gasteiger partial charge is 0.185 e. The van der Waals surface area contributed by atoms with Crippen LogP contribution in [0.3, 0.4) is 0 Å². The fraction of sp³-hybridized carbons (Fsp3) is 0.900. The molecule has 0 aromatic carbocycles. The van der Waals surface area contributed by atoms with Crippen molar-refractivity contribution in [2.45, 2.75) is 43.4 Å². The monoisotopic (exact) mass is 215 g/mol. The van der Waals surface area contributed by atoms with Gasteiger partial charge in [-0.2, -0.15) is 0 Å². The number of rotatable bonds is 4. The summed E-state index contributed by atoms with van der Waals surface area (Å²) in [4.78, 5) is 4.53. The minimum Gasteiger partial charge on any atom is -0.478 e. The van der Waals surface area contributed by atoms with Crippen molar-refractivity contribution in [1.29, 1.82) is 0 Å². The van der Waals surface area contributed by atoms with E-state index >= 15 is 0 Å². The fourth-order valence-electron chi connectivity index (χ4n) is 1.68. The van der Waals surface area contributed by atoms with Crippen LogP contribution < -0.4 is 0 Å². The van der Waals surface area contributed by atoms with Gasteiger partial charge in [0.15, 0.2) is 5.90 Å². The molecule has 1 heterocycles. The van der Waals surface area contributed by atoms with E-state index in [-0.39, 0.29) is 16.2 Å². The molecule has 14 heavy (non-hydrogen) atoms. The van der Waals surface area contributed by atoms with Crippen LogP contribution in [0, 0.1) is 0 Å². The van der Waals surface area contributed by atoms with E-state index in [9.17, 15) is 0 Å². The lowest BCUT2D eigenvalue weighted by molar-refractivity contribution is 0.273. The summed E-state index contributed by atoms with van der Waals surface area (Å²) in [7, 11) is 0. The number of hydrogen-bond donors (Lipinski definition) is 1. The third kappa shape index (κ3) is 2.23. The van der Waals surface area contributed by atoms with Crippen LogP contribution in [0.1, 0.15) is 33.1 Å². The van der Waals surface area contributed by atoms with E-state index in [1.54, 1.807) is 11.8 Å². The summed E-state index contributed by atoms with van der Waals surface area (Å²) >= 11 is 1.63. The zero-order valence-electron chi connectivity index (χ0n) is 8.75. The maximum Gasteiger partial charge on any atom is 0.185 e. The van der Waals surface area contributed by atoms with Crippen molar-refractivity contribution >= 4 is 17.7 Å². The lowest BCUT2D eigenvalue weighted by Crippen LogP contribution is -2.17. The van der Waals surface area contributed by atoms with E-state index in [4.69, 9.17) is 9.84 Å². The molecule has 4 heteroatoms. The quantitative estimate of drug-likeness (QED) is 0.727. The molecule has 0 saturated heterocycles. The molecule has 2 aliphatic rings. The maximum absolute atomic E-state index is 8.90. The predicted octanol–water partition coefficient (Wildman–Crippen LogP) is 1.80. The van der Waals surface area contributed by atoms with Crippen LogP contribution in [0.2, 0.25) is 0 Å². The van der Waals surface area contributed by atoms with Crippen molar-refractivity contribution in [3.8, 4) is 0 Å². The highest BCUT2D eigenvalue weighted by atomic mass is 32.2. The van der Waals surface area contributed by atoms with Crippen molar-refractivity contribution < 1.29 is 9.84 Å². The third-order valence-corrected chi connectivity index (χ3v) is 3.97. The van der Waals surface area contributed by atoms with Gasteiger partial charge in [-0.3, -0.25) is 0 Å². The SMILES string of the molecule is CC1(C)COC(CC2(SCO)CC2)=N1. The van der Waals surface area contributed by atoms with Crippen LogP contribution >= 0.6 is 11.8 Å². The van der Waals surface area contributed by atoms with Crippen LogP contribution in [0.4, 0.5) is 0 Å². The largest absolute Gasteiger partial charge is 0.478 e. The molecular formula is C10H17NO2S. The Morgan fingerprint density at radius 3 is 2.64 bits per heavy atom. The van der Waals surface area contributed by atoms with E-state index in [2.05, 4.69) is 18.8 Å². The lowest BCUT2D eigenvalue weighted by Gasteiger charge is -2.11. The molecule has 0 aromatic rings. The molecule has 1 saturated carbocycles. The van der Waals surface area contributed by atoms with E-state index in [1.165, 1.54) is 12.8 Å². The third-order valence-electron chi connectivity index (χ3n) is 2.67. The normalized spacial score (nSPS) is 26.9. The second kappa shape index (κ2) is 3.42. The standard InChI is InChI=1S/C10H17NO2S/c1-9(2)6-13-8(11-9)5-10(3-4-10)14-7-12/h12H,3-7H2,1-2H3. The highest BCUT2D eigenvalue weighted by Crippen LogP contribution is 2.51. The maximum atomic E-state index is 8.90. The van der Waals surface area contributed by atoms with Gasteiger partial charge in [0.2, 0.25) is 0 Å². The first kappa shape index (κ1) is 10.3. The zero-order chi connectivity index (χ0) is 10.2. The highest BCUT2D eigenvalue weighted by Gasteiger charge is 2.45. The van der Waals surface area contributed by atoms with Gasteiger partial charge in [-0.25, -0.2) is 4.99 Å². The molecule has 0 atom stereocenters. The Labute approximate surface area is 88.9 Å². The molecule has 1 aliphatic heterocycles. The topological polar surface area (TPSA) is 41.8 Å². The molecule has 1 aliphatic carbocycles. The van der Waals surface area contributed by atoms with Crippen LogP contribution in [0.15, 0.2) is 4.99 Å². The van der Waals surface area contributed by atoms with E-state index in [0.717, 1.165) is 12.3 Å². The molecule has 0 radical (unpaired) electrons. The second-order valence-electron chi connectivity index (χ2n) is 4.74. The summed E-state index contributed by atoms with van der Waals surface area (Å²) in [6.07, 6.45) is 3.25. The fourth-order valence-corrected chi connectivity index (χ4v) is 2.57. The Hall–Kier alpha value is -0.220. The Morgan fingerprint density at radius 1 is 1.50 bits per heavy atom. The Bertz CT molecular complexity index is 259. The van der Waals surface area contributed by atoms with E-state index in [1.807, 2.05) is 0 Å². The van der Waals surface area contributed by atoms with Gasteiger partial charge in [0.1, 0.15) is 6.61 Å². The molecule has 0 amide bonds. The summed E-state index contributed by atoms with van der Waals surface area (Å²) in [5.74, 6) is 1.09. The number of aliphatic imine (C=N–C) groups is 1. The Balaban J connectivity index is 1.93. The highest BCUT2D eigenvalue weighted by molar-refractivity contribution is 8.00.